The molecule has 0 heterocycles. The maximum atomic E-state index is 12.7. The molecule has 0 radical (unpaired) electrons. The fourth-order valence-electron chi connectivity index (χ4n) is 3.31. The number of carbonyl (C=O) groups is 1. The van der Waals surface area contributed by atoms with Crippen LogP contribution in [0.2, 0.25) is 10.0 Å². The SMILES string of the molecule is COc1cccc(-c2cccc(NC(=O)Nc3c(Cl)cc(Cl)c4ccc([O-])cc34)c2)c1.[K+]. The quantitative estimate of drug-likeness (QED) is 0.429. The number of hydrogen-bond donors (Lipinski definition) is 2. The molecule has 0 unspecified atom stereocenters. The van der Waals surface area contributed by atoms with Gasteiger partial charge in [-0.05, 0) is 41.5 Å². The van der Waals surface area contributed by atoms with E-state index in [1.54, 1.807) is 19.2 Å². The Morgan fingerprint density at radius 3 is 2.31 bits per heavy atom. The molecule has 0 bridgehead atoms. The largest absolute Gasteiger partial charge is 1.00 e. The molecule has 0 saturated heterocycles. The molecule has 2 amide bonds. The Labute approximate surface area is 238 Å². The van der Waals surface area contributed by atoms with E-state index in [-0.39, 0.29) is 62.2 Å². The van der Waals surface area contributed by atoms with E-state index in [0.717, 1.165) is 16.9 Å². The second kappa shape index (κ2) is 10.9. The summed E-state index contributed by atoms with van der Waals surface area (Å²) in [5.74, 6) is 0.538. The zero-order chi connectivity index (χ0) is 22.0. The standard InChI is InChI=1S/C24H18Cl2N2O3.K/c1-31-18-7-3-5-15(11-18)14-4-2-6-16(10-14)27-24(30)28-23-20-12-17(29)8-9-19(20)21(25)13-22(23)26;/h2-13,29H,1H3,(H2,27,28,30);/q;+1/p-1. The topological polar surface area (TPSA) is 73.4 Å². The molecule has 0 aliphatic carbocycles. The van der Waals surface area contributed by atoms with Gasteiger partial charge in [-0.3, -0.25) is 0 Å². The summed E-state index contributed by atoms with van der Waals surface area (Å²) in [6, 6.07) is 20.5. The van der Waals surface area contributed by atoms with Gasteiger partial charge in [0.2, 0.25) is 0 Å². The van der Waals surface area contributed by atoms with Crippen LogP contribution < -0.4 is 71.9 Å². The summed E-state index contributed by atoms with van der Waals surface area (Å²) < 4.78 is 5.28. The number of methoxy groups -OCH3 is 1. The molecular weight excluding hydrogens is 474 g/mol. The number of carbonyl (C=O) groups excluding carboxylic acids is 1. The smallest absolute Gasteiger partial charge is 0.872 e. The predicted molar refractivity (Wildman–Crippen MR) is 124 cm³/mol. The van der Waals surface area contributed by atoms with E-state index in [4.69, 9.17) is 27.9 Å². The van der Waals surface area contributed by atoms with Gasteiger partial charge < -0.3 is 20.5 Å². The summed E-state index contributed by atoms with van der Waals surface area (Å²) in [5.41, 5.74) is 2.79. The number of ether oxygens (including phenoxy) is 1. The summed E-state index contributed by atoms with van der Waals surface area (Å²) in [5, 5.41) is 19.1. The van der Waals surface area contributed by atoms with E-state index < -0.39 is 6.03 Å². The predicted octanol–water partition coefficient (Wildman–Crippen LogP) is 3.54. The average Bonchev–Trinajstić information content (AvgIpc) is 2.76. The number of nitrogens with one attached hydrogen (secondary N) is 2. The number of rotatable bonds is 4. The Balaban J connectivity index is 0.00000289. The number of urea groups is 1. The molecule has 4 aromatic rings. The third-order valence-electron chi connectivity index (χ3n) is 4.77. The number of fused-ring (bicyclic) bond motifs is 1. The molecule has 4 rings (SSSR count). The van der Waals surface area contributed by atoms with Gasteiger partial charge in [-0.1, -0.05) is 65.7 Å². The van der Waals surface area contributed by atoms with E-state index in [9.17, 15) is 9.90 Å². The van der Waals surface area contributed by atoms with Crippen molar-refractivity contribution >= 4 is 51.4 Å². The van der Waals surface area contributed by atoms with Crippen LogP contribution in [0, 0.1) is 0 Å². The molecular formula is C24H17Cl2KN2O3. The van der Waals surface area contributed by atoms with Crippen LogP contribution in [0.25, 0.3) is 21.9 Å². The second-order valence-corrected chi connectivity index (χ2v) is 7.63. The van der Waals surface area contributed by atoms with Crippen LogP contribution in [0.5, 0.6) is 11.5 Å². The molecule has 4 aromatic carbocycles. The van der Waals surface area contributed by atoms with Crippen LogP contribution in [0.1, 0.15) is 0 Å². The molecule has 32 heavy (non-hydrogen) atoms. The van der Waals surface area contributed by atoms with Gasteiger partial charge in [-0.25, -0.2) is 4.79 Å². The maximum absolute atomic E-state index is 12.7. The van der Waals surface area contributed by atoms with Crippen molar-refractivity contribution < 1.29 is 66.0 Å². The van der Waals surface area contributed by atoms with Crippen molar-refractivity contribution in [2.24, 2.45) is 0 Å². The zero-order valence-electron chi connectivity index (χ0n) is 17.4. The van der Waals surface area contributed by atoms with Gasteiger partial charge in [0.15, 0.2) is 0 Å². The minimum atomic E-state index is -0.496. The van der Waals surface area contributed by atoms with E-state index >= 15 is 0 Å². The fourth-order valence-corrected chi connectivity index (χ4v) is 3.90. The van der Waals surface area contributed by atoms with Gasteiger partial charge in [0.05, 0.1) is 22.8 Å². The summed E-state index contributed by atoms with van der Waals surface area (Å²) >= 11 is 12.5. The van der Waals surface area contributed by atoms with E-state index in [1.807, 2.05) is 42.5 Å². The zero-order valence-corrected chi connectivity index (χ0v) is 22.0. The molecule has 2 N–H and O–H groups in total. The molecule has 0 aliphatic heterocycles. The van der Waals surface area contributed by atoms with E-state index in [0.29, 0.717) is 27.2 Å². The van der Waals surface area contributed by atoms with Gasteiger partial charge >= 0.3 is 57.4 Å². The first kappa shape index (κ1) is 24.9. The van der Waals surface area contributed by atoms with Crippen molar-refractivity contribution in [2.75, 3.05) is 17.7 Å². The van der Waals surface area contributed by atoms with Crippen molar-refractivity contribution in [1.82, 2.24) is 0 Å². The summed E-state index contributed by atoms with van der Waals surface area (Å²) in [6.07, 6.45) is 0. The Kier molecular flexibility index (Phi) is 8.47. The summed E-state index contributed by atoms with van der Waals surface area (Å²) in [4.78, 5) is 12.7. The van der Waals surface area contributed by atoms with Crippen molar-refractivity contribution in [3.05, 3.63) is 82.8 Å². The van der Waals surface area contributed by atoms with Gasteiger partial charge in [0, 0.05) is 16.5 Å². The molecule has 0 saturated carbocycles. The van der Waals surface area contributed by atoms with Gasteiger partial charge in [0.1, 0.15) is 5.75 Å². The Bertz CT molecular complexity index is 1300. The third kappa shape index (κ3) is 5.58. The number of hydrogen-bond acceptors (Lipinski definition) is 3. The van der Waals surface area contributed by atoms with Gasteiger partial charge in [0.25, 0.3) is 0 Å². The first-order chi connectivity index (χ1) is 14.9. The van der Waals surface area contributed by atoms with Crippen molar-refractivity contribution in [3.63, 3.8) is 0 Å². The number of amides is 2. The number of halogens is 2. The molecule has 156 valence electrons. The molecule has 0 spiro atoms. The van der Waals surface area contributed by atoms with Crippen molar-refractivity contribution in [3.8, 4) is 22.6 Å². The first-order valence-corrected chi connectivity index (χ1v) is 10.1. The first-order valence-electron chi connectivity index (χ1n) is 9.36. The van der Waals surface area contributed by atoms with Crippen LogP contribution in [0.3, 0.4) is 0 Å². The second-order valence-electron chi connectivity index (χ2n) is 6.81. The Hall–Kier alpha value is -1.77. The van der Waals surface area contributed by atoms with Crippen molar-refractivity contribution in [2.45, 2.75) is 0 Å². The minimum Gasteiger partial charge on any atom is -0.872 e. The van der Waals surface area contributed by atoms with Gasteiger partial charge in [-0.2, -0.15) is 0 Å². The maximum Gasteiger partial charge on any atom is 1.00 e. The molecule has 8 heteroatoms. The molecule has 5 nitrogen and oxygen atoms in total. The van der Waals surface area contributed by atoms with Crippen LogP contribution in [0.15, 0.2) is 72.8 Å². The van der Waals surface area contributed by atoms with E-state index in [1.165, 1.54) is 18.2 Å². The van der Waals surface area contributed by atoms with Crippen LogP contribution in [0.4, 0.5) is 16.2 Å². The summed E-state index contributed by atoms with van der Waals surface area (Å²) in [7, 11) is 1.61. The van der Waals surface area contributed by atoms with Crippen LogP contribution in [-0.4, -0.2) is 13.1 Å². The van der Waals surface area contributed by atoms with Crippen LogP contribution in [-0.2, 0) is 0 Å². The minimum absolute atomic E-state index is 0. The molecule has 0 aromatic heterocycles. The molecule has 0 atom stereocenters. The van der Waals surface area contributed by atoms with Crippen LogP contribution >= 0.6 is 23.2 Å². The monoisotopic (exact) mass is 490 g/mol. The number of anilines is 2. The van der Waals surface area contributed by atoms with E-state index in [2.05, 4.69) is 10.6 Å². The van der Waals surface area contributed by atoms with Gasteiger partial charge in [-0.15, -0.1) is 5.75 Å². The summed E-state index contributed by atoms with van der Waals surface area (Å²) in [6.45, 7) is 0. The molecule has 0 fully saturated rings. The third-order valence-corrected chi connectivity index (χ3v) is 5.38. The van der Waals surface area contributed by atoms with Crippen molar-refractivity contribution in [1.29, 1.82) is 0 Å². The fraction of sp³-hybridized carbons (Fsp3) is 0.0417. The Morgan fingerprint density at radius 1 is 0.844 bits per heavy atom. The Morgan fingerprint density at radius 2 is 1.56 bits per heavy atom. The average molecular weight is 491 g/mol. The normalized spacial score (nSPS) is 10.3. The molecule has 0 aliphatic rings. The number of benzene rings is 4.